The first kappa shape index (κ1) is 10.6. The Hall–Kier alpha value is -1.51. The molecule has 0 aromatic carbocycles. The van der Waals surface area contributed by atoms with Gasteiger partial charge in [0.05, 0.1) is 6.61 Å². The highest BCUT2D eigenvalue weighted by Gasteiger charge is 2.30. The summed E-state index contributed by atoms with van der Waals surface area (Å²) < 4.78 is 9.92. The fourth-order valence-corrected chi connectivity index (χ4v) is 0.979. The Morgan fingerprint density at radius 1 is 1.71 bits per heavy atom. The molecule has 1 aliphatic rings. The summed E-state index contributed by atoms with van der Waals surface area (Å²) in [5.74, 6) is 1.78. The largest absolute Gasteiger partial charge is 0.465 e. The zero-order chi connectivity index (χ0) is 10.4. The van der Waals surface area contributed by atoms with Gasteiger partial charge in [0.25, 0.3) is 5.95 Å². The minimum Gasteiger partial charge on any atom is -0.465 e. The number of rotatable bonds is 6. The average molecular weight is 196 g/mol. The predicted molar refractivity (Wildman–Crippen MR) is 49.8 cm³/mol. The van der Waals surface area contributed by atoms with E-state index in [2.05, 4.69) is 6.58 Å². The summed E-state index contributed by atoms with van der Waals surface area (Å²) in [6, 6.07) is 0. The van der Waals surface area contributed by atoms with Gasteiger partial charge in [-0.1, -0.05) is 6.08 Å². The molecule has 0 aromatic heterocycles. The minimum atomic E-state index is -1.05. The highest BCUT2D eigenvalue weighted by molar-refractivity contribution is 5.54. The van der Waals surface area contributed by atoms with Crippen LogP contribution in [0.3, 0.4) is 0 Å². The first-order valence-corrected chi connectivity index (χ1v) is 4.33. The SMILES string of the molecule is C=CCCCOC1=C(C=C=O)C(O)O1. The van der Waals surface area contributed by atoms with Crippen molar-refractivity contribution in [3.8, 4) is 0 Å². The van der Waals surface area contributed by atoms with E-state index in [1.807, 2.05) is 0 Å². The van der Waals surface area contributed by atoms with Crippen molar-refractivity contribution in [2.45, 2.75) is 19.1 Å². The van der Waals surface area contributed by atoms with Crippen LogP contribution >= 0.6 is 0 Å². The predicted octanol–water partition coefficient (Wildman–Crippen LogP) is 0.917. The number of hydrogen-bond donors (Lipinski definition) is 1. The van der Waals surface area contributed by atoms with Crippen LogP contribution in [0.4, 0.5) is 0 Å². The molecule has 14 heavy (non-hydrogen) atoms. The van der Waals surface area contributed by atoms with E-state index in [1.54, 1.807) is 12.0 Å². The van der Waals surface area contributed by atoms with Gasteiger partial charge in [-0.15, -0.1) is 6.58 Å². The van der Waals surface area contributed by atoms with E-state index in [1.165, 1.54) is 0 Å². The molecule has 0 saturated heterocycles. The van der Waals surface area contributed by atoms with Crippen LogP contribution in [0.5, 0.6) is 0 Å². The van der Waals surface area contributed by atoms with Crippen LogP contribution in [0.2, 0.25) is 0 Å². The zero-order valence-corrected chi connectivity index (χ0v) is 7.73. The molecule has 1 N–H and O–H groups in total. The number of hydrogen-bond acceptors (Lipinski definition) is 4. The van der Waals surface area contributed by atoms with Crippen LogP contribution in [-0.2, 0) is 14.3 Å². The molecule has 1 rings (SSSR count). The molecule has 4 nitrogen and oxygen atoms in total. The van der Waals surface area contributed by atoms with Crippen LogP contribution < -0.4 is 0 Å². The lowest BCUT2D eigenvalue weighted by atomic mass is 10.2. The van der Waals surface area contributed by atoms with Crippen molar-refractivity contribution in [2.75, 3.05) is 6.61 Å². The standard InChI is InChI=1S/C10H12O4/c1-2-3-4-7-13-10-8(5-6-11)9(12)14-10/h2,5,9,12H,1,3-4,7H2. The Balaban J connectivity index is 2.37. The molecular formula is C10H12O4. The summed E-state index contributed by atoms with van der Waals surface area (Å²) in [5.41, 5.74) is 0.346. The quantitative estimate of drug-likeness (QED) is 0.390. The lowest BCUT2D eigenvalue weighted by Gasteiger charge is -2.26. The summed E-state index contributed by atoms with van der Waals surface area (Å²) >= 11 is 0. The summed E-state index contributed by atoms with van der Waals surface area (Å²) in [5, 5.41) is 9.03. The second-order valence-electron chi connectivity index (χ2n) is 2.75. The number of unbranched alkanes of at least 4 members (excludes halogenated alkanes) is 1. The summed E-state index contributed by atoms with van der Waals surface area (Å²) in [7, 11) is 0. The van der Waals surface area contributed by atoms with Gasteiger partial charge in [-0.2, -0.15) is 0 Å². The van der Waals surface area contributed by atoms with E-state index in [-0.39, 0.29) is 5.95 Å². The summed E-state index contributed by atoms with van der Waals surface area (Å²) in [6.45, 7) is 4.05. The molecule has 1 atom stereocenters. The van der Waals surface area contributed by atoms with E-state index in [4.69, 9.17) is 14.6 Å². The van der Waals surface area contributed by atoms with Crippen LogP contribution in [0, 0.1) is 0 Å². The lowest BCUT2D eigenvalue weighted by molar-refractivity contribution is -0.139. The Morgan fingerprint density at radius 2 is 2.50 bits per heavy atom. The molecule has 0 amide bonds. The van der Waals surface area contributed by atoms with E-state index in [0.29, 0.717) is 12.2 Å². The molecule has 0 aliphatic carbocycles. The highest BCUT2D eigenvalue weighted by atomic mass is 16.7. The van der Waals surface area contributed by atoms with Gasteiger partial charge in [0.2, 0.25) is 6.29 Å². The molecule has 1 heterocycles. The highest BCUT2D eigenvalue weighted by Crippen LogP contribution is 2.26. The van der Waals surface area contributed by atoms with Crippen molar-refractivity contribution < 1.29 is 19.4 Å². The molecule has 0 aromatic rings. The third kappa shape index (κ3) is 2.49. The van der Waals surface area contributed by atoms with Crippen LogP contribution in [0.1, 0.15) is 12.8 Å². The van der Waals surface area contributed by atoms with Crippen LogP contribution in [0.15, 0.2) is 30.2 Å². The first-order chi connectivity index (χ1) is 6.79. The smallest absolute Gasteiger partial charge is 0.292 e. The summed E-state index contributed by atoms with van der Waals surface area (Å²) in [6.07, 6.45) is 3.53. The maximum atomic E-state index is 10.0. The zero-order valence-electron chi connectivity index (χ0n) is 7.73. The maximum Gasteiger partial charge on any atom is 0.292 e. The van der Waals surface area contributed by atoms with Gasteiger partial charge in [-0.25, -0.2) is 4.79 Å². The fraction of sp³-hybridized carbons (Fsp3) is 0.400. The van der Waals surface area contributed by atoms with Gasteiger partial charge in [0, 0.05) is 6.08 Å². The van der Waals surface area contributed by atoms with Crippen molar-refractivity contribution in [1.82, 2.24) is 0 Å². The lowest BCUT2D eigenvalue weighted by Crippen LogP contribution is -2.28. The summed E-state index contributed by atoms with van der Waals surface area (Å²) in [4.78, 5) is 10.0. The molecule has 0 bridgehead atoms. The van der Waals surface area contributed by atoms with Crippen LogP contribution in [-0.4, -0.2) is 23.9 Å². The van der Waals surface area contributed by atoms with Gasteiger partial charge in [-0.05, 0) is 12.8 Å². The second-order valence-corrected chi connectivity index (χ2v) is 2.75. The third-order valence-electron chi connectivity index (χ3n) is 1.72. The van der Waals surface area contributed by atoms with Crippen molar-refractivity contribution in [3.63, 3.8) is 0 Å². The van der Waals surface area contributed by atoms with Crippen LogP contribution in [0.25, 0.3) is 0 Å². The second kappa shape index (κ2) is 5.27. The van der Waals surface area contributed by atoms with E-state index < -0.39 is 6.29 Å². The van der Waals surface area contributed by atoms with Gasteiger partial charge in [0.1, 0.15) is 11.5 Å². The molecule has 76 valence electrons. The normalized spacial score (nSPS) is 19.1. The minimum absolute atomic E-state index is 0.213. The van der Waals surface area contributed by atoms with E-state index >= 15 is 0 Å². The fourth-order valence-electron chi connectivity index (χ4n) is 0.979. The van der Waals surface area contributed by atoms with Gasteiger partial charge >= 0.3 is 0 Å². The number of ether oxygens (including phenoxy) is 2. The maximum absolute atomic E-state index is 10.0. The Bertz CT molecular complexity index is 286. The van der Waals surface area contributed by atoms with Crippen molar-refractivity contribution >= 4 is 5.94 Å². The molecule has 0 spiro atoms. The van der Waals surface area contributed by atoms with Crippen molar-refractivity contribution in [2.24, 2.45) is 0 Å². The van der Waals surface area contributed by atoms with Gasteiger partial charge in [-0.3, -0.25) is 0 Å². The Labute approximate surface area is 82.1 Å². The molecule has 1 aliphatic heterocycles. The van der Waals surface area contributed by atoms with E-state index in [9.17, 15) is 4.79 Å². The van der Waals surface area contributed by atoms with Gasteiger partial charge in [0.15, 0.2) is 0 Å². The monoisotopic (exact) mass is 196 g/mol. The topological polar surface area (TPSA) is 55.8 Å². The number of carbonyl (C=O) groups excluding carboxylic acids is 1. The molecule has 1 unspecified atom stereocenters. The number of allylic oxidation sites excluding steroid dienone is 1. The first-order valence-electron chi connectivity index (χ1n) is 4.33. The van der Waals surface area contributed by atoms with Crippen molar-refractivity contribution in [1.29, 1.82) is 0 Å². The third-order valence-corrected chi connectivity index (χ3v) is 1.72. The van der Waals surface area contributed by atoms with Gasteiger partial charge < -0.3 is 14.6 Å². The van der Waals surface area contributed by atoms with Crippen molar-refractivity contribution in [3.05, 3.63) is 30.2 Å². The number of aliphatic hydroxyl groups excluding tert-OH is 1. The van der Waals surface area contributed by atoms with E-state index in [0.717, 1.165) is 18.9 Å². The molecular weight excluding hydrogens is 184 g/mol. The molecule has 0 fully saturated rings. The Morgan fingerprint density at radius 3 is 3.07 bits per heavy atom. The molecule has 0 saturated carbocycles. The molecule has 4 heteroatoms. The number of aliphatic hydroxyl groups is 1. The molecule has 0 radical (unpaired) electrons. The Kier molecular flexibility index (Phi) is 3.98. The average Bonchev–Trinajstić information content (AvgIpc) is 2.19.